The minimum Gasteiger partial charge on any atom is -0.356 e. The highest BCUT2D eigenvalue weighted by atomic mass is 16.7. The number of carbonyl (C=O) groups is 1. The summed E-state index contributed by atoms with van der Waals surface area (Å²) in [5, 5.41) is 4.28. The summed E-state index contributed by atoms with van der Waals surface area (Å²) in [6.07, 6.45) is 8.19. The molecule has 5 heterocycles. The number of ether oxygens (including phenoxy) is 2. The highest BCUT2D eigenvalue weighted by molar-refractivity contribution is 5.76. The molecule has 0 N–H and O–H groups in total. The number of hydrogen-bond acceptors (Lipinski definition) is 7. The van der Waals surface area contributed by atoms with Crippen LogP contribution in [-0.4, -0.2) is 68.6 Å². The van der Waals surface area contributed by atoms with Crippen LogP contribution < -0.4 is 0 Å². The normalized spacial score (nSPS) is 17.8. The summed E-state index contributed by atoms with van der Waals surface area (Å²) in [6, 6.07) is 13.7. The zero-order valence-corrected chi connectivity index (χ0v) is 23.9. The molecule has 3 aromatic heterocycles. The lowest BCUT2D eigenvalue weighted by Crippen LogP contribution is -2.29. The zero-order valence-electron chi connectivity index (χ0n) is 23.9. The molecule has 1 unspecified atom stereocenters. The van der Waals surface area contributed by atoms with Crippen LogP contribution in [0, 0.1) is 11.8 Å². The fraction of sp³-hybridized carbons (Fsp3) is 0.375. The van der Waals surface area contributed by atoms with Crippen molar-refractivity contribution in [3.05, 3.63) is 89.4 Å². The van der Waals surface area contributed by atoms with Gasteiger partial charge in [0, 0.05) is 68.1 Å². The van der Waals surface area contributed by atoms with Gasteiger partial charge in [0.2, 0.25) is 0 Å². The van der Waals surface area contributed by atoms with Gasteiger partial charge in [0.15, 0.2) is 12.1 Å². The highest BCUT2D eigenvalue weighted by Crippen LogP contribution is 2.25. The summed E-state index contributed by atoms with van der Waals surface area (Å²) in [5.41, 5.74) is 4.27. The van der Waals surface area contributed by atoms with Crippen LogP contribution in [-0.2, 0) is 22.6 Å². The van der Waals surface area contributed by atoms with E-state index in [1.165, 1.54) is 0 Å². The Kier molecular flexibility index (Phi) is 8.30. The lowest BCUT2D eigenvalue weighted by molar-refractivity contribution is -0.188. The summed E-state index contributed by atoms with van der Waals surface area (Å²) in [6.45, 7) is 5.25. The topological polar surface area (TPSA) is 98.8 Å². The number of carbonyl (C=O) groups excluding carboxylic acids is 1. The third kappa shape index (κ3) is 6.54. The maximum atomic E-state index is 12.1. The summed E-state index contributed by atoms with van der Waals surface area (Å²) < 4.78 is 19.5. The summed E-state index contributed by atoms with van der Waals surface area (Å²) >= 11 is 0. The molecule has 6 rings (SSSR count). The van der Waals surface area contributed by atoms with Crippen molar-refractivity contribution in [1.82, 2.24) is 29.5 Å². The smallest absolute Gasteiger partial charge is 0.320 e. The second-order valence-corrected chi connectivity index (χ2v) is 10.7. The number of rotatable bonds is 8. The van der Waals surface area contributed by atoms with Crippen molar-refractivity contribution in [2.75, 3.05) is 26.7 Å². The molecule has 0 saturated carbocycles. The second kappa shape index (κ2) is 12.6. The van der Waals surface area contributed by atoms with Gasteiger partial charge in [-0.25, -0.2) is 9.78 Å². The van der Waals surface area contributed by atoms with Crippen LogP contribution in [0.25, 0.3) is 11.3 Å². The molecule has 1 aromatic carbocycles. The van der Waals surface area contributed by atoms with E-state index in [1.54, 1.807) is 22.2 Å². The van der Waals surface area contributed by atoms with Crippen molar-refractivity contribution < 1.29 is 18.8 Å². The first-order chi connectivity index (χ1) is 20.5. The molecule has 2 amide bonds. The molecule has 2 aliphatic rings. The molecule has 10 nitrogen and oxygen atoms in total. The van der Waals surface area contributed by atoms with Crippen LogP contribution in [0.5, 0.6) is 0 Å². The van der Waals surface area contributed by atoms with Crippen LogP contribution in [0.15, 0.2) is 65.6 Å². The predicted molar refractivity (Wildman–Crippen MR) is 155 cm³/mol. The summed E-state index contributed by atoms with van der Waals surface area (Å²) in [7, 11) is 1.81. The van der Waals surface area contributed by atoms with E-state index in [1.807, 2.05) is 67.2 Å². The van der Waals surface area contributed by atoms with Gasteiger partial charge in [0.1, 0.15) is 17.6 Å². The lowest BCUT2D eigenvalue weighted by atomic mass is 10.1. The van der Waals surface area contributed by atoms with Gasteiger partial charge in [0.05, 0.1) is 18.8 Å². The molecule has 42 heavy (non-hydrogen) atoms. The monoisotopic (exact) mass is 566 g/mol. The Balaban J connectivity index is 1.05. The Morgan fingerprint density at radius 1 is 1.02 bits per heavy atom. The molecule has 2 atom stereocenters. The number of imidazole rings is 1. The Labute approximate surface area is 245 Å². The van der Waals surface area contributed by atoms with Gasteiger partial charge in [-0.1, -0.05) is 17.0 Å². The van der Waals surface area contributed by atoms with Gasteiger partial charge in [-0.05, 0) is 62.6 Å². The van der Waals surface area contributed by atoms with Crippen LogP contribution >= 0.6 is 0 Å². The number of urea groups is 1. The number of pyridine rings is 1. The average molecular weight is 567 g/mol. The van der Waals surface area contributed by atoms with Gasteiger partial charge in [-0.3, -0.25) is 4.98 Å². The lowest BCUT2D eigenvalue weighted by Gasteiger charge is -2.26. The summed E-state index contributed by atoms with van der Waals surface area (Å²) in [4.78, 5) is 24.6. The van der Waals surface area contributed by atoms with Crippen LogP contribution in [0.4, 0.5) is 4.79 Å². The van der Waals surface area contributed by atoms with E-state index in [-0.39, 0.29) is 18.4 Å². The molecule has 0 bridgehead atoms. The van der Waals surface area contributed by atoms with Crippen molar-refractivity contribution in [2.45, 2.75) is 51.7 Å². The van der Waals surface area contributed by atoms with E-state index >= 15 is 0 Å². The Morgan fingerprint density at radius 3 is 2.60 bits per heavy atom. The average Bonchev–Trinajstić information content (AvgIpc) is 3.76. The first kappa shape index (κ1) is 27.7. The van der Waals surface area contributed by atoms with E-state index in [0.29, 0.717) is 18.8 Å². The highest BCUT2D eigenvalue weighted by Gasteiger charge is 2.25. The van der Waals surface area contributed by atoms with E-state index in [9.17, 15) is 4.79 Å². The molecule has 2 saturated heterocycles. The number of aromatic nitrogens is 4. The van der Waals surface area contributed by atoms with Crippen LogP contribution in [0.1, 0.15) is 60.6 Å². The Bertz CT molecular complexity index is 1560. The number of benzene rings is 1. The molecule has 0 aliphatic carbocycles. The maximum absolute atomic E-state index is 12.1. The zero-order chi connectivity index (χ0) is 28.9. The second-order valence-electron chi connectivity index (χ2n) is 10.7. The first-order valence-electron chi connectivity index (χ1n) is 14.3. The standard InChI is InChI=1S/C32H34N6O4/c1-23(41-30-5-3-4-18-40-30)31-33-14-15-37(31)22-28-19-29(42-35-28)26-11-8-24(9-12-26)6-7-25-10-13-27(34-20-25)21-38-17-16-36(2)32(38)39/h8-15,19-20,23,30H,3-5,16-18,21-22H2,1-2H3/t23-,30?/m0/s1. The van der Waals surface area contributed by atoms with Crippen molar-refractivity contribution in [2.24, 2.45) is 0 Å². The fourth-order valence-electron chi connectivity index (χ4n) is 5.12. The molecule has 4 aromatic rings. The molecule has 0 radical (unpaired) electrons. The molecule has 216 valence electrons. The van der Waals surface area contributed by atoms with Gasteiger partial charge >= 0.3 is 6.03 Å². The molecular weight excluding hydrogens is 532 g/mol. The Morgan fingerprint density at radius 2 is 1.86 bits per heavy atom. The number of likely N-dealkylation sites (N-methyl/N-ethyl adjacent to an activating group) is 1. The fourth-order valence-corrected chi connectivity index (χ4v) is 5.12. The molecule has 0 spiro atoms. The van der Waals surface area contributed by atoms with Gasteiger partial charge in [-0.15, -0.1) is 0 Å². The van der Waals surface area contributed by atoms with E-state index in [2.05, 4.69) is 27.0 Å². The Hall–Kier alpha value is -4.46. The largest absolute Gasteiger partial charge is 0.356 e. The van der Waals surface area contributed by atoms with Crippen molar-refractivity contribution >= 4 is 6.03 Å². The van der Waals surface area contributed by atoms with Gasteiger partial charge in [-0.2, -0.15) is 0 Å². The first-order valence-corrected chi connectivity index (χ1v) is 14.3. The SMILES string of the molecule is C[C@H](OC1CCCCO1)c1nccn1Cc1cc(-c2ccc(C#Cc3ccc(CN4CCN(C)C4=O)nc3)cc2)on1. The summed E-state index contributed by atoms with van der Waals surface area (Å²) in [5.74, 6) is 7.87. The number of hydrogen-bond donors (Lipinski definition) is 0. The molecular formula is C32H34N6O4. The third-order valence-corrected chi connectivity index (χ3v) is 7.50. The van der Waals surface area contributed by atoms with E-state index in [4.69, 9.17) is 14.0 Å². The minimum atomic E-state index is -0.195. The minimum absolute atomic E-state index is 0.0405. The van der Waals surface area contributed by atoms with E-state index < -0.39 is 0 Å². The molecule has 10 heteroatoms. The molecule has 2 aliphatic heterocycles. The predicted octanol–water partition coefficient (Wildman–Crippen LogP) is 4.85. The van der Waals surface area contributed by atoms with Crippen molar-refractivity contribution in [3.63, 3.8) is 0 Å². The van der Waals surface area contributed by atoms with E-state index in [0.717, 1.165) is 72.9 Å². The van der Waals surface area contributed by atoms with Crippen molar-refractivity contribution in [1.29, 1.82) is 0 Å². The van der Waals surface area contributed by atoms with Crippen LogP contribution in [0.3, 0.4) is 0 Å². The quantitative estimate of drug-likeness (QED) is 0.281. The number of amides is 2. The number of nitrogens with zero attached hydrogens (tertiary/aromatic N) is 6. The van der Waals surface area contributed by atoms with Gasteiger partial charge in [0.25, 0.3) is 0 Å². The third-order valence-electron chi connectivity index (χ3n) is 7.50. The van der Waals surface area contributed by atoms with Crippen LogP contribution in [0.2, 0.25) is 0 Å². The molecule has 2 fully saturated rings. The van der Waals surface area contributed by atoms with Crippen molar-refractivity contribution in [3.8, 4) is 23.2 Å². The van der Waals surface area contributed by atoms with Gasteiger partial charge < -0.3 is 28.4 Å². The maximum Gasteiger partial charge on any atom is 0.320 e.